The second kappa shape index (κ2) is 8.83. The molecule has 2 aromatic carbocycles. The number of benzene rings is 2. The van der Waals surface area contributed by atoms with Gasteiger partial charge in [-0.25, -0.2) is 5.43 Å². The lowest BCUT2D eigenvalue weighted by Crippen LogP contribution is -2.35. The SMILES string of the molecule is CNC(=O)C(=O)N/N=C\c1ccccc1OCc1ccc(Br)cc1. The number of nitrogens with one attached hydrogen (secondary N) is 2. The van der Waals surface area contributed by atoms with Gasteiger partial charge in [0.05, 0.1) is 6.21 Å². The fraction of sp³-hybridized carbons (Fsp3) is 0.118. The van der Waals surface area contributed by atoms with Crippen LogP contribution in [0.5, 0.6) is 5.75 Å². The predicted octanol–water partition coefficient (Wildman–Crippen LogP) is 2.22. The average Bonchev–Trinajstić information content (AvgIpc) is 2.61. The number of halogens is 1. The Balaban J connectivity index is 2.00. The second-order valence-electron chi connectivity index (χ2n) is 4.73. The molecule has 24 heavy (non-hydrogen) atoms. The zero-order valence-electron chi connectivity index (χ0n) is 13.0. The van der Waals surface area contributed by atoms with Crippen LogP contribution in [0.15, 0.2) is 58.1 Å². The van der Waals surface area contributed by atoms with E-state index in [1.54, 1.807) is 12.1 Å². The summed E-state index contributed by atoms with van der Waals surface area (Å²) in [4.78, 5) is 22.4. The van der Waals surface area contributed by atoms with Crippen LogP contribution in [-0.2, 0) is 16.2 Å². The van der Waals surface area contributed by atoms with Crippen LogP contribution >= 0.6 is 15.9 Å². The maximum Gasteiger partial charge on any atom is 0.329 e. The number of likely N-dealkylation sites (N-methyl/N-ethyl adjacent to an activating group) is 1. The molecule has 7 heteroatoms. The minimum absolute atomic E-state index is 0.405. The Morgan fingerprint density at radius 1 is 1.12 bits per heavy atom. The zero-order valence-corrected chi connectivity index (χ0v) is 14.5. The molecule has 0 aromatic heterocycles. The normalized spacial score (nSPS) is 10.4. The molecule has 6 nitrogen and oxygen atoms in total. The Morgan fingerprint density at radius 2 is 1.83 bits per heavy atom. The van der Waals surface area contributed by atoms with E-state index in [4.69, 9.17) is 4.74 Å². The quantitative estimate of drug-likeness (QED) is 0.467. The summed E-state index contributed by atoms with van der Waals surface area (Å²) in [6, 6.07) is 15.1. The van der Waals surface area contributed by atoms with Crippen LogP contribution in [0.3, 0.4) is 0 Å². The summed E-state index contributed by atoms with van der Waals surface area (Å²) in [5.74, 6) is -0.965. The largest absolute Gasteiger partial charge is 0.488 e. The molecule has 2 aromatic rings. The highest BCUT2D eigenvalue weighted by Crippen LogP contribution is 2.18. The van der Waals surface area contributed by atoms with Crippen molar-refractivity contribution in [1.82, 2.24) is 10.7 Å². The molecule has 0 bridgehead atoms. The van der Waals surface area contributed by atoms with E-state index in [1.165, 1.54) is 13.3 Å². The molecule has 0 fully saturated rings. The Morgan fingerprint density at radius 3 is 2.54 bits per heavy atom. The lowest BCUT2D eigenvalue weighted by atomic mass is 10.2. The summed E-state index contributed by atoms with van der Waals surface area (Å²) in [6.45, 7) is 0.405. The molecule has 0 aliphatic heterocycles. The predicted molar refractivity (Wildman–Crippen MR) is 94.7 cm³/mol. The topological polar surface area (TPSA) is 79.8 Å². The van der Waals surface area contributed by atoms with Gasteiger partial charge in [0.2, 0.25) is 0 Å². The molecule has 2 rings (SSSR count). The Hall–Kier alpha value is -2.67. The van der Waals surface area contributed by atoms with Crippen LogP contribution in [0.4, 0.5) is 0 Å². The third-order valence-electron chi connectivity index (χ3n) is 3.03. The maximum atomic E-state index is 11.3. The number of para-hydroxylation sites is 1. The van der Waals surface area contributed by atoms with Crippen molar-refractivity contribution in [2.75, 3.05) is 7.05 Å². The summed E-state index contributed by atoms with van der Waals surface area (Å²) < 4.78 is 6.80. The monoisotopic (exact) mass is 389 g/mol. The van der Waals surface area contributed by atoms with Crippen LogP contribution < -0.4 is 15.5 Å². The first-order valence-electron chi connectivity index (χ1n) is 7.11. The molecule has 0 unspecified atom stereocenters. The maximum absolute atomic E-state index is 11.3. The van der Waals surface area contributed by atoms with E-state index in [0.29, 0.717) is 17.9 Å². The fourth-order valence-corrected chi connectivity index (χ4v) is 2.05. The lowest BCUT2D eigenvalue weighted by molar-refractivity contribution is -0.138. The summed E-state index contributed by atoms with van der Waals surface area (Å²) in [5, 5.41) is 5.98. The number of ether oxygens (including phenoxy) is 1. The molecule has 0 aliphatic carbocycles. The van der Waals surface area contributed by atoms with Crippen LogP contribution in [0.1, 0.15) is 11.1 Å². The van der Waals surface area contributed by atoms with Gasteiger partial charge >= 0.3 is 11.8 Å². The van der Waals surface area contributed by atoms with E-state index in [1.807, 2.05) is 36.4 Å². The van der Waals surface area contributed by atoms with E-state index < -0.39 is 11.8 Å². The standard InChI is InChI=1S/C17H16BrN3O3/c1-19-16(22)17(23)21-20-10-13-4-2-3-5-15(13)24-11-12-6-8-14(18)9-7-12/h2-10H,11H2,1H3,(H,19,22)(H,21,23)/b20-10-. The van der Waals surface area contributed by atoms with Crippen molar-refractivity contribution in [2.24, 2.45) is 5.10 Å². The van der Waals surface area contributed by atoms with E-state index in [2.05, 4.69) is 31.8 Å². The summed E-state index contributed by atoms with van der Waals surface area (Å²) >= 11 is 3.39. The van der Waals surface area contributed by atoms with Crippen LogP contribution in [-0.4, -0.2) is 25.1 Å². The van der Waals surface area contributed by atoms with Crippen LogP contribution in [0.25, 0.3) is 0 Å². The molecule has 0 saturated heterocycles. The molecule has 2 N–H and O–H groups in total. The minimum atomic E-state index is -0.831. The number of hydrogen-bond donors (Lipinski definition) is 2. The third-order valence-corrected chi connectivity index (χ3v) is 3.56. The summed E-state index contributed by atoms with van der Waals surface area (Å²) in [5.41, 5.74) is 3.86. The van der Waals surface area contributed by atoms with Gasteiger partial charge in [0.25, 0.3) is 0 Å². The molecule has 0 spiro atoms. The molecule has 0 saturated carbocycles. The van der Waals surface area contributed by atoms with Crippen LogP contribution in [0, 0.1) is 0 Å². The van der Waals surface area contributed by atoms with E-state index in [0.717, 1.165) is 10.0 Å². The zero-order chi connectivity index (χ0) is 17.4. The number of hydrazone groups is 1. The first kappa shape index (κ1) is 17.7. The van der Waals surface area contributed by atoms with Crippen molar-refractivity contribution in [3.05, 3.63) is 64.1 Å². The van der Waals surface area contributed by atoms with Crippen molar-refractivity contribution in [1.29, 1.82) is 0 Å². The number of carbonyl (C=O) groups is 2. The fourth-order valence-electron chi connectivity index (χ4n) is 1.79. The molecule has 0 radical (unpaired) electrons. The van der Waals surface area contributed by atoms with Gasteiger partial charge in [-0.1, -0.05) is 40.2 Å². The highest BCUT2D eigenvalue weighted by Gasteiger charge is 2.09. The number of carbonyl (C=O) groups excluding carboxylic acids is 2. The lowest BCUT2D eigenvalue weighted by Gasteiger charge is -2.09. The molecule has 124 valence electrons. The van der Waals surface area contributed by atoms with Gasteiger partial charge in [-0.2, -0.15) is 5.10 Å². The molecule has 2 amide bonds. The number of amides is 2. The number of rotatable bonds is 5. The third kappa shape index (κ3) is 5.20. The van der Waals surface area contributed by atoms with Gasteiger partial charge in [-0.05, 0) is 29.8 Å². The van der Waals surface area contributed by atoms with Crippen molar-refractivity contribution in [2.45, 2.75) is 6.61 Å². The van der Waals surface area contributed by atoms with Gasteiger partial charge in [-0.3, -0.25) is 9.59 Å². The van der Waals surface area contributed by atoms with Crippen LogP contribution in [0.2, 0.25) is 0 Å². The molecule has 0 heterocycles. The summed E-state index contributed by atoms with van der Waals surface area (Å²) in [6.07, 6.45) is 1.43. The van der Waals surface area contributed by atoms with Gasteiger partial charge in [0, 0.05) is 17.1 Å². The highest BCUT2D eigenvalue weighted by atomic mass is 79.9. The van der Waals surface area contributed by atoms with Gasteiger partial charge < -0.3 is 10.1 Å². The van der Waals surface area contributed by atoms with Crippen molar-refractivity contribution in [3.8, 4) is 5.75 Å². The number of nitrogens with zero attached hydrogens (tertiary/aromatic N) is 1. The Bertz CT molecular complexity index is 745. The molecule has 0 atom stereocenters. The first-order chi connectivity index (χ1) is 11.6. The van der Waals surface area contributed by atoms with Gasteiger partial charge in [0.15, 0.2) is 0 Å². The smallest absolute Gasteiger partial charge is 0.329 e. The number of hydrogen-bond acceptors (Lipinski definition) is 4. The second-order valence-corrected chi connectivity index (χ2v) is 5.65. The minimum Gasteiger partial charge on any atom is -0.488 e. The van der Waals surface area contributed by atoms with E-state index >= 15 is 0 Å². The van der Waals surface area contributed by atoms with Crippen molar-refractivity contribution >= 4 is 34.0 Å². The highest BCUT2D eigenvalue weighted by molar-refractivity contribution is 9.10. The van der Waals surface area contributed by atoms with E-state index in [-0.39, 0.29) is 0 Å². The Labute approximate surface area is 148 Å². The van der Waals surface area contributed by atoms with Gasteiger partial charge in [0.1, 0.15) is 12.4 Å². The van der Waals surface area contributed by atoms with Crippen molar-refractivity contribution < 1.29 is 14.3 Å². The molecule has 0 aliphatic rings. The first-order valence-corrected chi connectivity index (χ1v) is 7.91. The van der Waals surface area contributed by atoms with E-state index in [9.17, 15) is 9.59 Å². The molecular formula is C17H16BrN3O3. The Kier molecular flexibility index (Phi) is 6.51. The van der Waals surface area contributed by atoms with Gasteiger partial charge in [-0.15, -0.1) is 0 Å². The molecular weight excluding hydrogens is 374 g/mol. The van der Waals surface area contributed by atoms with Crippen molar-refractivity contribution in [3.63, 3.8) is 0 Å². The summed E-state index contributed by atoms with van der Waals surface area (Å²) in [7, 11) is 1.37. The average molecular weight is 390 g/mol.